The Kier molecular flexibility index (Phi) is 2.14. The van der Waals surface area contributed by atoms with E-state index in [0.29, 0.717) is 5.31 Å². The van der Waals surface area contributed by atoms with Gasteiger partial charge in [-0.25, -0.2) is 0 Å². The molecule has 0 aromatic rings. The van der Waals surface area contributed by atoms with Gasteiger partial charge in [0, 0.05) is 13.2 Å². The van der Waals surface area contributed by atoms with E-state index < -0.39 is 0 Å². The molecular formula is C6H13BO2. The first-order chi connectivity index (χ1) is 4.33. The zero-order chi connectivity index (χ0) is 6.74. The third-order valence-corrected chi connectivity index (χ3v) is 2.24. The average Bonchev–Trinajstić information content (AvgIpc) is 2.51. The Morgan fingerprint density at radius 2 is 1.67 bits per heavy atom. The summed E-state index contributed by atoms with van der Waals surface area (Å²) >= 11 is 0. The number of rotatable bonds is 4. The minimum atomic E-state index is 0.278. The van der Waals surface area contributed by atoms with Gasteiger partial charge < -0.3 is 10.2 Å². The maximum absolute atomic E-state index is 8.59. The van der Waals surface area contributed by atoms with Crippen LogP contribution in [0.5, 0.6) is 0 Å². The van der Waals surface area contributed by atoms with Crippen LogP contribution in [0.4, 0.5) is 0 Å². The van der Waals surface area contributed by atoms with Crippen molar-refractivity contribution in [1.82, 2.24) is 0 Å². The molecule has 0 radical (unpaired) electrons. The molecule has 2 N–H and O–H groups in total. The van der Waals surface area contributed by atoms with Crippen molar-refractivity contribution in [3.63, 3.8) is 0 Å². The fraction of sp³-hybridized carbons (Fsp3) is 1.00. The van der Waals surface area contributed by atoms with Gasteiger partial charge in [-0.3, -0.25) is 0 Å². The quantitative estimate of drug-likeness (QED) is 0.513. The van der Waals surface area contributed by atoms with Gasteiger partial charge in [0.2, 0.25) is 0 Å². The van der Waals surface area contributed by atoms with E-state index in [0.717, 1.165) is 12.8 Å². The van der Waals surface area contributed by atoms with E-state index in [1.165, 1.54) is 13.6 Å². The van der Waals surface area contributed by atoms with Crippen LogP contribution in [0, 0.1) is 0 Å². The van der Waals surface area contributed by atoms with Gasteiger partial charge in [0.25, 0.3) is 0 Å². The Morgan fingerprint density at radius 3 is 1.89 bits per heavy atom. The van der Waals surface area contributed by atoms with E-state index >= 15 is 0 Å². The molecule has 0 aromatic carbocycles. The largest absolute Gasteiger partial charge is 0.396 e. The Balaban J connectivity index is 2.17. The van der Waals surface area contributed by atoms with Gasteiger partial charge >= 0.3 is 0 Å². The highest BCUT2D eigenvalue weighted by Gasteiger charge is 2.42. The van der Waals surface area contributed by atoms with Crippen molar-refractivity contribution >= 4 is 7.28 Å². The summed E-state index contributed by atoms with van der Waals surface area (Å²) in [6, 6.07) is 0. The van der Waals surface area contributed by atoms with Crippen molar-refractivity contribution in [2.45, 2.75) is 24.5 Å². The standard InChI is InChI=1S/C6H13BO2/c8-3-1-6(2-4-9)5-7-6/h7-9H,1-5H2. The highest BCUT2D eigenvalue weighted by molar-refractivity contribution is 6.54. The summed E-state index contributed by atoms with van der Waals surface area (Å²) in [6.45, 7) is 0.556. The summed E-state index contributed by atoms with van der Waals surface area (Å²) in [5.41, 5.74) is 0. The molecule has 1 aliphatic rings. The van der Waals surface area contributed by atoms with E-state index in [2.05, 4.69) is 0 Å². The number of aliphatic hydroxyl groups excluding tert-OH is 2. The smallest absolute Gasteiger partial charge is 0.127 e. The molecule has 0 bridgehead atoms. The normalized spacial score (nSPS) is 21.1. The topological polar surface area (TPSA) is 40.5 Å². The van der Waals surface area contributed by atoms with Crippen LogP contribution in [0.1, 0.15) is 12.8 Å². The van der Waals surface area contributed by atoms with Crippen LogP contribution in [0.15, 0.2) is 0 Å². The van der Waals surface area contributed by atoms with Gasteiger partial charge in [0.15, 0.2) is 0 Å². The van der Waals surface area contributed by atoms with E-state index in [1.54, 1.807) is 0 Å². The van der Waals surface area contributed by atoms with E-state index in [4.69, 9.17) is 10.2 Å². The molecule has 0 atom stereocenters. The summed E-state index contributed by atoms with van der Waals surface area (Å²) in [6.07, 6.45) is 2.97. The molecular weight excluding hydrogens is 115 g/mol. The van der Waals surface area contributed by atoms with Gasteiger partial charge in [-0.1, -0.05) is 11.6 Å². The first-order valence-corrected chi connectivity index (χ1v) is 3.55. The van der Waals surface area contributed by atoms with E-state index in [-0.39, 0.29) is 13.2 Å². The fourth-order valence-electron chi connectivity index (χ4n) is 1.28. The molecule has 52 valence electrons. The molecule has 1 rings (SSSR count). The zero-order valence-electron chi connectivity index (χ0n) is 5.64. The second-order valence-electron chi connectivity index (χ2n) is 2.95. The van der Waals surface area contributed by atoms with Crippen molar-refractivity contribution in [3.8, 4) is 0 Å². The van der Waals surface area contributed by atoms with Crippen molar-refractivity contribution in [3.05, 3.63) is 0 Å². The SMILES string of the molecule is OCCC1(CCO)BC1. The van der Waals surface area contributed by atoms with Crippen LogP contribution >= 0.6 is 0 Å². The Bertz CT molecular complexity index is 83.1. The Hall–Kier alpha value is -0.0151. The molecule has 0 spiro atoms. The molecule has 3 heteroatoms. The maximum Gasteiger partial charge on any atom is 0.127 e. The first kappa shape index (κ1) is 7.10. The molecule has 1 aliphatic heterocycles. The van der Waals surface area contributed by atoms with Crippen LogP contribution in [-0.2, 0) is 0 Å². The third kappa shape index (κ3) is 1.70. The first-order valence-electron chi connectivity index (χ1n) is 3.55. The minimum Gasteiger partial charge on any atom is -0.396 e. The highest BCUT2D eigenvalue weighted by Crippen LogP contribution is 2.52. The molecule has 0 aromatic heterocycles. The molecule has 1 saturated heterocycles. The van der Waals surface area contributed by atoms with Crippen molar-refractivity contribution in [1.29, 1.82) is 0 Å². The zero-order valence-corrected chi connectivity index (χ0v) is 5.64. The summed E-state index contributed by atoms with van der Waals surface area (Å²) in [4.78, 5) is 0. The monoisotopic (exact) mass is 128 g/mol. The number of aliphatic hydroxyl groups is 2. The van der Waals surface area contributed by atoms with Crippen molar-refractivity contribution in [2.24, 2.45) is 0 Å². The molecule has 1 heterocycles. The maximum atomic E-state index is 8.59. The van der Waals surface area contributed by atoms with Crippen molar-refractivity contribution in [2.75, 3.05) is 13.2 Å². The van der Waals surface area contributed by atoms with E-state index in [9.17, 15) is 0 Å². The second kappa shape index (κ2) is 2.71. The molecule has 0 unspecified atom stereocenters. The van der Waals surface area contributed by atoms with Gasteiger partial charge in [0.1, 0.15) is 7.28 Å². The average molecular weight is 128 g/mol. The molecule has 0 amide bonds. The van der Waals surface area contributed by atoms with Gasteiger partial charge in [-0.15, -0.1) is 0 Å². The highest BCUT2D eigenvalue weighted by atomic mass is 16.3. The summed E-state index contributed by atoms with van der Waals surface area (Å²) < 4.78 is 0. The minimum absolute atomic E-state index is 0.278. The number of hydrogen-bond donors (Lipinski definition) is 2. The fourth-order valence-corrected chi connectivity index (χ4v) is 1.28. The molecule has 2 nitrogen and oxygen atoms in total. The Labute approximate surface area is 56.1 Å². The van der Waals surface area contributed by atoms with Gasteiger partial charge in [-0.05, 0) is 12.8 Å². The van der Waals surface area contributed by atoms with Gasteiger partial charge in [0.05, 0.1) is 0 Å². The lowest BCUT2D eigenvalue weighted by Gasteiger charge is -2.10. The van der Waals surface area contributed by atoms with Gasteiger partial charge in [-0.2, -0.15) is 0 Å². The number of hydrogen-bond acceptors (Lipinski definition) is 2. The van der Waals surface area contributed by atoms with Crippen LogP contribution in [-0.4, -0.2) is 30.7 Å². The second-order valence-corrected chi connectivity index (χ2v) is 2.95. The molecule has 0 saturated carbocycles. The van der Waals surface area contributed by atoms with Crippen LogP contribution in [0.3, 0.4) is 0 Å². The van der Waals surface area contributed by atoms with E-state index in [1.807, 2.05) is 0 Å². The molecule has 9 heavy (non-hydrogen) atoms. The summed E-state index contributed by atoms with van der Waals surface area (Å²) in [5.74, 6) is 0. The lowest BCUT2D eigenvalue weighted by Crippen LogP contribution is -2.00. The summed E-state index contributed by atoms with van der Waals surface area (Å²) in [7, 11) is 1.20. The Morgan fingerprint density at radius 1 is 1.22 bits per heavy atom. The summed E-state index contributed by atoms with van der Waals surface area (Å²) in [5, 5.41) is 17.5. The third-order valence-electron chi connectivity index (χ3n) is 2.24. The van der Waals surface area contributed by atoms with Crippen molar-refractivity contribution < 1.29 is 10.2 Å². The predicted molar refractivity (Wildman–Crippen MR) is 38.1 cm³/mol. The van der Waals surface area contributed by atoms with Crippen LogP contribution in [0.2, 0.25) is 11.6 Å². The predicted octanol–water partition coefficient (Wildman–Crippen LogP) is -0.222. The van der Waals surface area contributed by atoms with Crippen LogP contribution < -0.4 is 0 Å². The molecule has 1 fully saturated rings. The molecule has 0 aliphatic carbocycles. The lowest BCUT2D eigenvalue weighted by molar-refractivity contribution is 0.241. The van der Waals surface area contributed by atoms with Crippen LogP contribution in [0.25, 0.3) is 0 Å². The lowest BCUT2D eigenvalue weighted by atomic mass is 9.82.